The van der Waals surface area contributed by atoms with Crippen LogP contribution in [0.5, 0.6) is 11.5 Å². The van der Waals surface area contributed by atoms with Crippen molar-refractivity contribution in [1.82, 2.24) is 20.1 Å². The Hall–Kier alpha value is -4.14. The fourth-order valence-corrected chi connectivity index (χ4v) is 3.37. The summed E-state index contributed by atoms with van der Waals surface area (Å²) in [5.74, 6) is 0.567. The molecular formula is C25H21F3N4O2. The zero-order valence-corrected chi connectivity index (χ0v) is 18.4. The Labute approximate surface area is 194 Å². The van der Waals surface area contributed by atoms with E-state index in [0.29, 0.717) is 33.9 Å². The number of ether oxygens (including phenoxy) is 1. The van der Waals surface area contributed by atoms with Gasteiger partial charge in [0.05, 0.1) is 17.5 Å². The van der Waals surface area contributed by atoms with Crippen molar-refractivity contribution in [3.63, 3.8) is 0 Å². The Kier molecular flexibility index (Phi) is 6.36. The number of alkyl halides is 3. The van der Waals surface area contributed by atoms with E-state index in [4.69, 9.17) is 4.74 Å². The Morgan fingerprint density at radius 1 is 1.09 bits per heavy atom. The number of hydrogen-bond donors (Lipinski definition) is 1. The second kappa shape index (κ2) is 9.38. The molecule has 0 saturated carbocycles. The first-order valence-electron chi connectivity index (χ1n) is 10.4. The van der Waals surface area contributed by atoms with Crippen molar-refractivity contribution in [2.45, 2.75) is 19.6 Å². The summed E-state index contributed by atoms with van der Waals surface area (Å²) in [6, 6.07) is 13.4. The quantitative estimate of drug-likeness (QED) is 0.406. The molecule has 0 aliphatic carbocycles. The predicted molar refractivity (Wildman–Crippen MR) is 120 cm³/mol. The highest BCUT2D eigenvalue weighted by molar-refractivity contribution is 5.96. The molecule has 1 N–H and O–H groups in total. The number of benzene rings is 2. The van der Waals surface area contributed by atoms with Crippen LogP contribution in [-0.4, -0.2) is 20.7 Å². The van der Waals surface area contributed by atoms with Crippen LogP contribution < -0.4 is 10.1 Å². The van der Waals surface area contributed by atoms with Gasteiger partial charge in [0.25, 0.3) is 5.91 Å². The van der Waals surface area contributed by atoms with Crippen LogP contribution >= 0.6 is 0 Å². The minimum atomic E-state index is -4.44. The summed E-state index contributed by atoms with van der Waals surface area (Å²) in [4.78, 5) is 17.1. The Balaban J connectivity index is 1.48. The first-order chi connectivity index (χ1) is 16.2. The number of rotatable bonds is 6. The van der Waals surface area contributed by atoms with Crippen molar-refractivity contribution < 1.29 is 22.7 Å². The molecule has 2 heterocycles. The molecule has 9 heteroatoms. The fourth-order valence-electron chi connectivity index (χ4n) is 3.37. The van der Waals surface area contributed by atoms with E-state index in [0.717, 1.165) is 17.7 Å². The SMILES string of the molecule is Cc1ccc(Oc2ccnc(-c3cnn(C)c3)c2)cc1C(=O)NCc1cccc(C(F)(F)F)c1. The molecule has 0 bridgehead atoms. The van der Waals surface area contributed by atoms with E-state index in [1.165, 1.54) is 12.1 Å². The van der Waals surface area contributed by atoms with Crippen molar-refractivity contribution in [2.75, 3.05) is 0 Å². The lowest BCUT2D eigenvalue weighted by molar-refractivity contribution is -0.137. The third-order valence-electron chi connectivity index (χ3n) is 5.13. The van der Waals surface area contributed by atoms with Gasteiger partial charge in [-0.3, -0.25) is 14.5 Å². The fraction of sp³-hybridized carbons (Fsp3) is 0.160. The molecule has 1 amide bonds. The normalized spacial score (nSPS) is 11.3. The molecule has 0 aliphatic rings. The molecule has 0 fully saturated rings. The first-order valence-corrected chi connectivity index (χ1v) is 10.4. The highest BCUT2D eigenvalue weighted by Crippen LogP contribution is 2.30. The molecular weight excluding hydrogens is 445 g/mol. The number of pyridine rings is 1. The zero-order valence-electron chi connectivity index (χ0n) is 18.4. The molecule has 2 aromatic carbocycles. The highest BCUT2D eigenvalue weighted by Gasteiger charge is 2.30. The molecule has 2 aromatic heterocycles. The number of nitrogens with one attached hydrogen (secondary N) is 1. The Morgan fingerprint density at radius 2 is 1.88 bits per heavy atom. The van der Waals surface area contributed by atoms with Gasteiger partial charge in [-0.1, -0.05) is 18.2 Å². The molecule has 4 rings (SSSR count). The summed E-state index contributed by atoms with van der Waals surface area (Å²) in [5.41, 5.74) is 2.20. The number of halogens is 3. The number of amides is 1. The van der Waals surface area contributed by atoms with Gasteiger partial charge < -0.3 is 10.1 Å². The lowest BCUT2D eigenvalue weighted by Crippen LogP contribution is -2.23. The summed E-state index contributed by atoms with van der Waals surface area (Å²) in [5, 5.41) is 6.82. The molecule has 0 radical (unpaired) electrons. The van der Waals surface area contributed by atoms with Gasteiger partial charge in [-0.25, -0.2) is 0 Å². The average Bonchev–Trinajstić information content (AvgIpc) is 3.25. The number of carbonyl (C=O) groups excluding carboxylic acids is 1. The second-order valence-corrected chi connectivity index (χ2v) is 7.74. The van der Waals surface area contributed by atoms with Gasteiger partial charge in [0.15, 0.2) is 0 Å². The molecule has 6 nitrogen and oxygen atoms in total. The summed E-state index contributed by atoms with van der Waals surface area (Å²) >= 11 is 0. The third kappa shape index (κ3) is 5.43. The standard InChI is InChI=1S/C25H21F3N4O2/c1-16-6-7-20(34-21-8-9-29-23(12-21)18-14-31-32(2)15-18)11-22(16)24(33)30-13-17-4-3-5-19(10-17)25(26,27)28/h3-12,14-15H,13H2,1-2H3,(H,30,33). The van der Waals surface area contributed by atoms with Crippen LogP contribution in [0.15, 0.2) is 73.2 Å². The monoisotopic (exact) mass is 466 g/mol. The molecule has 0 aliphatic heterocycles. The smallest absolute Gasteiger partial charge is 0.416 e. The van der Waals surface area contributed by atoms with Gasteiger partial charge in [0.1, 0.15) is 11.5 Å². The summed E-state index contributed by atoms with van der Waals surface area (Å²) in [6.07, 6.45) is 0.719. The van der Waals surface area contributed by atoms with Gasteiger partial charge in [-0.2, -0.15) is 18.3 Å². The lowest BCUT2D eigenvalue weighted by atomic mass is 10.1. The molecule has 0 spiro atoms. The molecule has 0 saturated heterocycles. The van der Waals surface area contributed by atoms with Gasteiger partial charge >= 0.3 is 6.18 Å². The summed E-state index contributed by atoms with van der Waals surface area (Å²) < 4.78 is 46.4. The average molecular weight is 466 g/mol. The highest BCUT2D eigenvalue weighted by atomic mass is 19.4. The van der Waals surface area contributed by atoms with Crippen LogP contribution in [0.1, 0.15) is 27.0 Å². The minimum absolute atomic E-state index is 0.0356. The maximum absolute atomic E-state index is 12.9. The Morgan fingerprint density at radius 3 is 2.62 bits per heavy atom. The topological polar surface area (TPSA) is 69.0 Å². The van der Waals surface area contributed by atoms with Crippen LogP contribution in [0, 0.1) is 6.92 Å². The van der Waals surface area contributed by atoms with E-state index in [9.17, 15) is 18.0 Å². The van der Waals surface area contributed by atoms with Crippen LogP contribution in [0.3, 0.4) is 0 Å². The third-order valence-corrected chi connectivity index (χ3v) is 5.13. The van der Waals surface area contributed by atoms with Crippen molar-refractivity contribution in [2.24, 2.45) is 7.05 Å². The number of hydrogen-bond acceptors (Lipinski definition) is 4. The lowest BCUT2D eigenvalue weighted by Gasteiger charge is -2.12. The predicted octanol–water partition coefficient (Wildman–Crippen LogP) is 5.53. The summed E-state index contributed by atoms with van der Waals surface area (Å²) in [7, 11) is 1.82. The number of aryl methyl sites for hydroxylation is 2. The van der Waals surface area contributed by atoms with Crippen LogP contribution in [0.4, 0.5) is 13.2 Å². The van der Waals surface area contributed by atoms with Crippen molar-refractivity contribution in [3.05, 3.63) is 95.4 Å². The van der Waals surface area contributed by atoms with E-state index in [1.54, 1.807) is 54.3 Å². The Bertz CT molecular complexity index is 1330. The van der Waals surface area contributed by atoms with Crippen molar-refractivity contribution in [1.29, 1.82) is 0 Å². The van der Waals surface area contributed by atoms with Crippen LogP contribution in [-0.2, 0) is 19.8 Å². The van der Waals surface area contributed by atoms with E-state index in [-0.39, 0.29) is 6.54 Å². The number of aromatic nitrogens is 3. The van der Waals surface area contributed by atoms with Crippen LogP contribution in [0.25, 0.3) is 11.3 Å². The number of carbonyl (C=O) groups is 1. The van der Waals surface area contributed by atoms with Crippen molar-refractivity contribution in [3.8, 4) is 22.8 Å². The number of nitrogens with zero attached hydrogens (tertiary/aromatic N) is 3. The molecule has 34 heavy (non-hydrogen) atoms. The van der Waals surface area contributed by atoms with Crippen molar-refractivity contribution >= 4 is 5.91 Å². The van der Waals surface area contributed by atoms with Gasteiger partial charge in [0.2, 0.25) is 0 Å². The van der Waals surface area contributed by atoms with E-state index in [1.807, 2.05) is 13.2 Å². The van der Waals surface area contributed by atoms with E-state index < -0.39 is 17.6 Å². The zero-order chi connectivity index (χ0) is 24.3. The first kappa shape index (κ1) is 23.0. The maximum Gasteiger partial charge on any atom is 0.416 e. The summed E-state index contributed by atoms with van der Waals surface area (Å²) in [6.45, 7) is 1.74. The van der Waals surface area contributed by atoms with E-state index in [2.05, 4.69) is 15.4 Å². The maximum atomic E-state index is 12.9. The van der Waals surface area contributed by atoms with Gasteiger partial charge in [-0.05, 0) is 48.4 Å². The molecule has 0 unspecified atom stereocenters. The second-order valence-electron chi connectivity index (χ2n) is 7.74. The minimum Gasteiger partial charge on any atom is -0.457 e. The van der Waals surface area contributed by atoms with Gasteiger partial charge in [-0.15, -0.1) is 0 Å². The molecule has 4 aromatic rings. The molecule has 0 atom stereocenters. The van der Waals surface area contributed by atoms with E-state index >= 15 is 0 Å². The van der Waals surface area contributed by atoms with Gasteiger partial charge in [0, 0.05) is 43.2 Å². The van der Waals surface area contributed by atoms with Crippen LogP contribution in [0.2, 0.25) is 0 Å². The molecule has 174 valence electrons. The largest absolute Gasteiger partial charge is 0.457 e.